The van der Waals surface area contributed by atoms with E-state index in [2.05, 4.69) is 5.32 Å². The molecule has 4 heteroatoms. The molecule has 0 saturated carbocycles. The molecule has 1 rings (SSSR count). The van der Waals surface area contributed by atoms with Gasteiger partial charge in [-0.3, -0.25) is 4.79 Å². The molecule has 2 nitrogen and oxygen atoms in total. The molecule has 0 spiro atoms. The molecule has 0 radical (unpaired) electrons. The first-order chi connectivity index (χ1) is 6.63. The highest BCUT2D eigenvalue weighted by Crippen LogP contribution is 2.14. The lowest BCUT2D eigenvalue weighted by molar-refractivity contribution is -0.111. The Kier molecular flexibility index (Phi) is 3.34. The quantitative estimate of drug-likeness (QED) is 0.725. The lowest BCUT2D eigenvalue weighted by Gasteiger charge is -2.02. The Morgan fingerprint density at radius 1 is 1.43 bits per heavy atom. The van der Waals surface area contributed by atoms with Crippen molar-refractivity contribution in [2.24, 2.45) is 0 Å². The first kappa shape index (κ1) is 10.4. The number of allylic oxidation sites excluding steroid dienone is 1. The topological polar surface area (TPSA) is 29.1 Å². The van der Waals surface area contributed by atoms with Gasteiger partial charge in [0.2, 0.25) is 5.91 Å². The average Bonchev–Trinajstić information content (AvgIpc) is 2.10. The number of amides is 1. The maximum atomic E-state index is 13.0. The van der Waals surface area contributed by atoms with Gasteiger partial charge in [-0.15, -0.1) is 0 Å². The standard InChI is InChI=1S/C10H9F2NO/c1-2-3-10(14)13-9-5-4-7(11)6-8(9)12/h2-6H,1H3,(H,13,14). The SMILES string of the molecule is CC=CC(=O)Nc1ccc(F)cc1F. The Morgan fingerprint density at radius 2 is 2.14 bits per heavy atom. The molecule has 0 fully saturated rings. The van der Waals surface area contributed by atoms with Crippen molar-refractivity contribution >= 4 is 11.6 Å². The minimum Gasteiger partial charge on any atom is -0.320 e. The summed E-state index contributed by atoms with van der Waals surface area (Å²) in [5, 5.41) is 2.27. The first-order valence-electron chi connectivity index (χ1n) is 4.02. The van der Waals surface area contributed by atoms with E-state index in [1.54, 1.807) is 6.92 Å². The van der Waals surface area contributed by atoms with Crippen molar-refractivity contribution in [1.29, 1.82) is 0 Å². The van der Waals surface area contributed by atoms with Gasteiger partial charge >= 0.3 is 0 Å². The van der Waals surface area contributed by atoms with Gasteiger partial charge in [-0.1, -0.05) is 6.08 Å². The molecule has 0 aliphatic heterocycles. The molecule has 0 atom stereocenters. The highest BCUT2D eigenvalue weighted by Gasteiger charge is 2.04. The fourth-order valence-electron chi connectivity index (χ4n) is 0.917. The van der Waals surface area contributed by atoms with Crippen LogP contribution in [0.2, 0.25) is 0 Å². The van der Waals surface area contributed by atoms with E-state index < -0.39 is 17.5 Å². The second-order valence-electron chi connectivity index (χ2n) is 2.61. The maximum Gasteiger partial charge on any atom is 0.248 e. The highest BCUT2D eigenvalue weighted by atomic mass is 19.1. The van der Waals surface area contributed by atoms with Gasteiger partial charge in [0.1, 0.15) is 11.6 Å². The summed E-state index contributed by atoms with van der Waals surface area (Å²) in [6, 6.07) is 2.96. The monoisotopic (exact) mass is 197 g/mol. The highest BCUT2D eigenvalue weighted by molar-refractivity contribution is 5.99. The summed E-state index contributed by atoms with van der Waals surface area (Å²) >= 11 is 0. The van der Waals surface area contributed by atoms with Crippen LogP contribution in [0.5, 0.6) is 0 Å². The number of anilines is 1. The maximum absolute atomic E-state index is 13.0. The fraction of sp³-hybridized carbons (Fsp3) is 0.100. The van der Waals surface area contributed by atoms with Crippen molar-refractivity contribution in [3.63, 3.8) is 0 Å². The summed E-state index contributed by atoms with van der Waals surface area (Å²) in [7, 11) is 0. The molecule has 1 amide bonds. The second kappa shape index (κ2) is 4.50. The van der Waals surface area contributed by atoms with Crippen LogP contribution in [-0.4, -0.2) is 5.91 Å². The lowest BCUT2D eigenvalue weighted by Crippen LogP contribution is -2.09. The summed E-state index contributed by atoms with van der Waals surface area (Å²) < 4.78 is 25.4. The molecule has 14 heavy (non-hydrogen) atoms. The predicted octanol–water partition coefficient (Wildman–Crippen LogP) is 2.48. The van der Waals surface area contributed by atoms with Crippen LogP contribution in [0.4, 0.5) is 14.5 Å². The summed E-state index contributed by atoms with van der Waals surface area (Å²) in [5.74, 6) is -1.91. The third-order valence-corrected chi connectivity index (χ3v) is 1.51. The summed E-state index contributed by atoms with van der Waals surface area (Å²) in [5.41, 5.74) is -0.0329. The van der Waals surface area contributed by atoms with Gasteiger partial charge in [0.05, 0.1) is 5.69 Å². The summed E-state index contributed by atoms with van der Waals surface area (Å²) in [6.07, 6.45) is 2.78. The first-order valence-corrected chi connectivity index (χ1v) is 4.02. The van der Waals surface area contributed by atoms with Crippen molar-refractivity contribution in [3.05, 3.63) is 42.0 Å². The van der Waals surface area contributed by atoms with Crippen LogP contribution < -0.4 is 5.32 Å². The van der Waals surface area contributed by atoms with Crippen LogP contribution in [0.1, 0.15) is 6.92 Å². The number of nitrogens with one attached hydrogen (secondary N) is 1. The van der Waals surface area contributed by atoms with E-state index in [0.29, 0.717) is 6.07 Å². The second-order valence-corrected chi connectivity index (χ2v) is 2.61. The van der Waals surface area contributed by atoms with E-state index in [1.165, 1.54) is 18.2 Å². The van der Waals surface area contributed by atoms with E-state index >= 15 is 0 Å². The van der Waals surface area contributed by atoms with Gasteiger partial charge in [-0.25, -0.2) is 8.78 Å². The Balaban J connectivity index is 2.82. The Labute approximate surface area is 80.2 Å². The molecule has 0 bridgehead atoms. The molecule has 0 unspecified atom stereocenters. The zero-order valence-corrected chi connectivity index (χ0v) is 7.55. The van der Waals surface area contributed by atoms with Crippen molar-refractivity contribution in [2.45, 2.75) is 6.92 Å². The molecule has 0 heterocycles. The number of carbonyl (C=O) groups excluding carboxylic acids is 1. The Morgan fingerprint density at radius 3 is 2.71 bits per heavy atom. The van der Waals surface area contributed by atoms with Gasteiger partial charge in [0.25, 0.3) is 0 Å². The van der Waals surface area contributed by atoms with Crippen molar-refractivity contribution in [1.82, 2.24) is 0 Å². The number of benzene rings is 1. The third kappa shape index (κ3) is 2.65. The molecule has 0 aliphatic carbocycles. The number of hydrogen-bond acceptors (Lipinski definition) is 1. The van der Waals surface area contributed by atoms with Crippen molar-refractivity contribution < 1.29 is 13.6 Å². The predicted molar refractivity (Wildman–Crippen MR) is 49.8 cm³/mol. The lowest BCUT2D eigenvalue weighted by atomic mass is 10.3. The molecule has 0 aromatic heterocycles. The van der Waals surface area contributed by atoms with Gasteiger partial charge in [0, 0.05) is 6.07 Å². The van der Waals surface area contributed by atoms with Crippen LogP contribution in [0.3, 0.4) is 0 Å². The Bertz CT molecular complexity index is 374. The van der Waals surface area contributed by atoms with Crippen LogP contribution >= 0.6 is 0 Å². The van der Waals surface area contributed by atoms with Crippen molar-refractivity contribution in [2.75, 3.05) is 5.32 Å². The number of rotatable bonds is 2. The Hall–Kier alpha value is -1.71. The van der Waals surface area contributed by atoms with Crippen LogP contribution in [0.25, 0.3) is 0 Å². The molecule has 0 saturated heterocycles. The zero-order valence-electron chi connectivity index (χ0n) is 7.55. The van der Waals surface area contributed by atoms with E-state index in [0.717, 1.165) is 6.07 Å². The number of carbonyl (C=O) groups is 1. The van der Waals surface area contributed by atoms with Gasteiger partial charge in [-0.05, 0) is 25.1 Å². The van der Waals surface area contributed by atoms with Gasteiger partial charge in [-0.2, -0.15) is 0 Å². The number of halogens is 2. The molecular weight excluding hydrogens is 188 g/mol. The summed E-state index contributed by atoms with van der Waals surface area (Å²) in [6.45, 7) is 1.67. The molecule has 1 aromatic carbocycles. The van der Waals surface area contributed by atoms with Crippen LogP contribution in [0.15, 0.2) is 30.4 Å². The van der Waals surface area contributed by atoms with Crippen LogP contribution in [0, 0.1) is 11.6 Å². The van der Waals surface area contributed by atoms with E-state index in [4.69, 9.17) is 0 Å². The molecule has 0 aliphatic rings. The molecule has 1 N–H and O–H groups in total. The third-order valence-electron chi connectivity index (χ3n) is 1.51. The molecule has 1 aromatic rings. The smallest absolute Gasteiger partial charge is 0.248 e. The van der Waals surface area contributed by atoms with Crippen LogP contribution in [-0.2, 0) is 4.79 Å². The van der Waals surface area contributed by atoms with Gasteiger partial charge < -0.3 is 5.32 Å². The largest absolute Gasteiger partial charge is 0.320 e. The summed E-state index contributed by atoms with van der Waals surface area (Å²) in [4.78, 5) is 11.0. The van der Waals surface area contributed by atoms with Gasteiger partial charge in [0.15, 0.2) is 0 Å². The van der Waals surface area contributed by atoms with E-state index in [9.17, 15) is 13.6 Å². The fourth-order valence-corrected chi connectivity index (χ4v) is 0.917. The minimum atomic E-state index is -0.789. The molecule has 74 valence electrons. The average molecular weight is 197 g/mol. The van der Waals surface area contributed by atoms with E-state index in [1.807, 2.05) is 0 Å². The number of hydrogen-bond donors (Lipinski definition) is 1. The minimum absolute atomic E-state index is 0.0329. The van der Waals surface area contributed by atoms with E-state index in [-0.39, 0.29) is 5.69 Å². The normalized spacial score (nSPS) is 10.5. The molecular formula is C10H9F2NO. The zero-order chi connectivity index (χ0) is 10.6. The van der Waals surface area contributed by atoms with Crippen molar-refractivity contribution in [3.8, 4) is 0 Å².